The summed E-state index contributed by atoms with van der Waals surface area (Å²) in [6.07, 6.45) is 8.82. The Balaban J connectivity index is 0.000000325. The first-order chi connectivity index (χ1) is 7.77. The lowest BCUT2D eigenvalue weighted by Crippen LogP contribution is -2.35. The SMILES string of the molecule is CCCC[n+]1ccn(C)c1.O=C([O-])C(Cl)(Cl)Cl. The van der Waals surface area contributed by atoms with Gasteiger partial charge in [0.15, 0.2) is 0 Å². The van der Waals surface area contributed by atoms with Gasteiger partial charge in [0.25, 0.3) is 0 Å². The monoisotopic (exact) mass is 300 g/mol. The molecule has 17 heavy (non-hydrogen) atoms. The second-order valence-electron chi connectivity index (χ2n) is 3.46. The maximum absolute atomic E-state index is 9.51. The van der Waals surface area contributed by atoms with Gasteiger partial charge in [-0.1, -0.05) is 48.1 Å². The maximum atomic E-state index is 9.51. The fourth-order valence-electron chi connectivity index (χ4n) is 0.975. The quantitative estimate of drug-likeness (QED) is 0.622. The van der Waals surface area contributed by atoms with E-state index in [9.17, 15) is 9.90 Å². The number of hydrogen-bond acceptors (Lipinski definition) is 2. The molecule has 0 atom stereocenters. The van der Waals surface area contributed by atoms with E-state index in [0.717, 1.165) is 6.54 Å². The van der Waals surface area contributed by atoms with Crippen molar-refractivity contribution in [3.8, 4) is 0 Å². The Morgan fingerprint density at radius 3 is 2.29 bits per heavy atom. The van der Waals surface area contributed by atoms with Crippen molar-refractivity contribution in [2.75, 3.05) is 0 Å². The van der Waals surface area contributed by atoms with Gasteiger partial charge >= 0.3 is 0 Å². The number of carbonyl (C=O) groups excluding carboxylic acids is 1. The molecule has 98 valence electrons. The van der Waals surface area contributed by atoms with E-state index in [1.807, 2.05) is 7.05 Å². The van der Waals surface area contributed by atoms with E-state index in [-0.39, 0.29) is 0 Å². The Kier molecular flexibility index (Phi) is 7.59. The van der Waals surface area contributed by atoms with Gasteiger partial charge in [0.05, 0.1) is 19.6 Å². The third-order valence-electron chi connectivity index (χ3n) is 1.83. The second kappa shape index (κ2) is 7.80. The van der Waals surface area contributed by atoms with E-state index in [2.05, 4.69) is 34.8 Å². The fourth-order valence-corrected chi connectivity index (χ4v) is 0.975. The van der Waals surface area contributed by atoms with Crippen LogP contribution in [-0.2, 0) is 18.4 Å². The molecule has 0 unspecified atom stereocenters. The number of hydrogen-bond donors (Lipinski definition) is 0. The zero-order valence-corrected chi connectivity index (χ0v) is 12.0. The Bertz CT molecular complexity index is 348. The van der Waals surface area contributed by atoms with Gasteiger partial charge in [-0.15, -0.1) is 0 Å². The Morgan fingerprint density at radius 2 is 2.00 bits per heavy atom. The largest absolute Gasteiger partial charge is 0.545 e. The summed E-state index contributed by atoms with van der Waals surface area (Å²) in [6.45, 7) is 3.36. The van der Waals surface area contributed by atoms with Crippen LogP contribution in [0.5, 0.6) is 0 Å². The van der Waals surface area contributed by atoms with Crippen LogP contribution in [0.15, 0.2) is 18.7 Å². The molecule has 0 amide bonds. The minimum Gasteiger partial charge on any atom is -0.545 e. The molecule has 1 aromatic heterocycles. The van der Waals surface area contributed by atoms with Crippen molar-refractivity contribution in [1.82, 2.24) is 4.57 Å². The van der Waals surface area contributed by atoms with Crippen LogP contribution in [0.4, 0.5) is 0 Å². The number of unbranched alkanes of at least 4 members (excludes halogenated alkanes) is 1. The Morgan fingerprint density at radius 1 is 1.47 bits per heavy atom. The maximum Gasteiger partial charge on any atom is 0.243 e. The van der Waals surface area contributed by atoms with Crippen molar-refractivity contribution in [2.45, 2.75) is 30.1 Å². The van der Waals surface area contributed by atoms with E-state index < -0.39 is 9.76 Å². The van der Waals surface area contributed by atoms with Gasteiger partial charge in [-0.2, -0.15) is 0 Å². The van der Waals surface area contributed by atoms with Crippen molar-refractivity contribution < 1.29 is 14.5 Å². The van der Waals surface area contributed by atoms with Crippen molar-refractivity contribution in [3.05, 3.63) is 18.7 Å². The van der Waals surface area contributed by atoms with Crippen molar-refractivity contribution >= 4 is 40.8 Å². The number of carbonyl (C=O) groups is 1. The van der Waals surface area contributed by atoms with E-state index >= 15 is 0 Å². The van der Waals surface area contributed by atoms with Gasteiger partial charge in [0.2, 0.25) is 10.1 Å². The molecule has 0 aliphatic rings. The summed E-state index contributed by atoms with van der Waals surface area (Å²) in [6, 6.07) is 0. The molecule has 0 spiro atoms. The van der Waals surface area contributed by atoms with Crippen LogP contribution in [0, 0.1) is 0 Å². The third kappa shape index (κ3) is 8.30. The molecule has 4 nitrogen and oxygen atoms in total. The van der Waals surface area contributed by atoms with Crippen LogP contribution in [-0.4, -0.2) is 14.3 Å². The molecular weight excluding hydrogens is 286 g/mol. The molecule has 0 fully saturated rings. The summed E-state index contributed by atoms with van der Waals surface area (Å²) in [7, 11) is 2.04. The fraction of sp³-hybridized carbons (Fsp3) is 0.600. The van der Waals surface area contributed by atoms with Crippen LogP contribution in [0.25, 0.3) is 0 Å². The average molecular weight is 302 g/mol. The molecule has 0 aliphatic heterocycles. The average Bonchev–Trinajstić information content (AvgIpc) is 2.60. The molecule has 0 aromatic carbocycles. The van der Waals surface area contributed by atoms with E-state index in [0.29, 0.717) is 0 Å². The number of alkyl halides is 3. The molecule has 0 saturated heterocycles. The summed E-state index contributed by atoms with van der Waals surface area (Å²) in [4.78, 5) is 9.51. The first kappa shape index (κ1) is 16.6. The number of halogens is 3. The zero-order valence-electron chi connectivity index (χ0n) is 9.70. The van der Waals surface area contributed by atoms with Crippen molar-refractivity contribution in [1.29, 1.82) is 0 Å². The molecule has 0 N–H and O–H groups in total. The lowest BCUT2D eigenvalue weighted by Gasteiger charge is -2.09. The highest BCUT2D eigenvalue weighted by atomic mass is 35.6. The second-order valence-corrected chi connectivity index (χ2v) is 5.74. The minimum absolute atomic E-state index is 1.15. The lowest BCUT2D eigenvalue weighted by atomic mass is 10.3. The molecule has 1 heterocycles. The van der Waals surface area contributed by atoms with E-state index in [4.69, 9.17) is 34.8 Å². The summed E-state index contributed by atoms with van der Waals surface area (Å²) >= 11 is 14.2. The van der Waals surface area contributed by atoms with Gasteiger partial charge in [-0.25, -0.2) is 9.13 Å². The van der Waals surface area contributed by atoms with Gasteiger partial charge in [0, 0.05) is 0 Å². The highest BCUT2D eigenvalue weighted by molar-refractivity contribution is 6.75. The van der Waals surface area contributed by atoms with Gasteiger partial charge in [0.1, 0.15) is 12.4 Å². The van der Waals surface area contributed by atoms with Crippen LogP contribution < -0.4 is 9.67 Å². The number of imidazole rings is 1. The molecule has 0 aliphatic carbocycles. The van der Waals surface area contributed by atoms with Crippen LogP contribution >= 0.6 is 34.8 Å². The topological polar surface area (TPSA) is 48.9 Å². The number of rotatable bonds is 3. The van der Waals surface area contributed by atoms with Gasteiger partial charge < -0.3 is 9.90 Å². The van der Waals surface area contributed by atoms with Gasteiger partial charge in [-0.3, -0.25) is 0 Å². The Labute approximate surface area is 116 Å². The first-order valence-electron chi connectivity index (χ1n) is 5.06. The highest BCUT2D eigenvalue weighted by Gasteiger charge is 2.20. The molecular formula is C10H15Cl3N2O2. The zero-order chi connectivity index (χ0) is 13.5. The summed E-state index contributed by atoms with van der Waals surface area (Å²) in [5.74, 6) is -1.71. The van der Waals surface area contributed by atoms with Crippen molar-refractivity contribution in [2.24, 2.45) is 7.05 Å². The highest BCUT2D eigenvalue weighted by Crippen LogP contribution is 2.24. The normalized spacial score (nSPS) is 10.6. The number of aromatic nitrogens is 2. The number of aryl methyl sites for hydroxylation is 2. The molecule has 0 radical (unpaired) electrons. The summed E-state index contributed by atoms with van der Waals surface area (Å²) < 4.78 is 2.00. The molecule has 1 rings (SSSR count). The van der Waals surface area contributed by atoms with Crippen LogP contribution in [0.1, 0.15) is 19.8 Å². The first-order valence-corrected chi connectivity index (χ1v) is 6.20. The van der Waals surface area contributed by atoms with E-state index in [1.165, 1.54) is 12.8 Å². The predicted octanol–water partition coefficient (Wildman–Crippen LogP) is 1.22. The van der Waals surface area contributed by atoms with Gasteiger partial charge in [-0.05, 0) is 6.42 Å². The minimum atomic E-state index is -2.28. The number of nitrogens with zero attached hydrogens (tertiary/aromatic N) is 2. The smallest absolute Gasteiger partial charge is 0.243 e. The lowest BCUT2D eigenvalue weighted by molar-refractivity contribution is -0.696. The Hall–Kier alpha value is -0.450. The number of carboxylic acid groups (broad SMARTS) is 1. The summed E-state index contributed by atoms with van der Waals surface area (Å²) in [5, 5.41) is 9.51. The molecule has 0 saturated carbocycles. The molecule has 1 aromatic rings. The molecule has 0 bridgehead atoms. The molecule has 7 heteroatoms. The van der Waals surface area contributed by atoms with E-state index in [1.54, 1.807) is 0 Å². The van der Waals surface area contributed by atoms with Crippen LogP contribution in [0.3, 0.4) is 0 Å². The van der Waals surface area contributed by atoms with Crippen molar-refractivity contribution in [3.63, 3.8) is 0 Å². The number of aliphatic carboxylic acids is 1. The number of carboxylic acids is 1. The third-order valence-corrected chi connectivity index (χ3v) is 2.29. The predicted molar refractivity (Wildman–Crippen MR) is 65.8 cm³/mol. The standard InChI is InChI=1S/C8H15N2.C2HCl3O2/c1-3-4-5-10-7-6-9(2)8-10;3-2(4,5)1(6)7/h6-8H,3-5H2,1-2H3;(H,6,7)/q+1;/p-1. The summed E-state index contributed by atoms with van der Waals surface area (Å²) in [5.41, 5.74) is 0. The van der Waals surface area contributed by atoms with Crippen LogP contribution in [0.2, 0.25) is 0 Å².